The maximum atomic E-state index is 12.7. The van der Waals surface area contributed by atoms with Gasteiger partial charge in [-0.2, -0.15) is 0 Å². The van der Waals surface area contributed by atoms with Crippen molar-refractivity contribution in [3.8, 4) is 0 Å². The van der Waals surface area contributed by atoms with Crippen LogP contribution in [0.25, 0.3) is 0 Å². The highest BCUT2D eigenvalue weighted by molar-refractivity contribution is 7.92. The highest BCUT2D eigenvalue weighted by Crippen LogP contribution is 2.26. The summed E-state index contributed by atoms with van der Waals surface area (Å²) < 4.78 is 32.9. The molecule has 0 fully saturated rings. The Morgan fingerprint density at radius 2 is 1.89 bits per heavy atom. The van der Waals surface area contributed by atoms with Crippen molar-refractivity contribution in [2.24, 2.45) is 0 Å². The van der Waals surface area contributed by atoms with Crippen molar-refractivity contribution in [3.63, 3.8) is 0 Å². The number of sulfonamides is 1. The minimum atomic E-state index is -3.79. The zero-order valence-corrected chi connectivity index (χ0v) is 16.3. The van der Waals surface area contributed by atoms with Gasteiger partial charge in [0, 0.05) is 17.8 Å². The highest BCUT2D eigenvalue weighted by Gasteiger charge is 2.20. The number of amides is 1. The molecule has 0 saturated heterocycles. The zero-order chi connectivity index (χ0) is 20.1. The number of esters is 1. The quantitative estimate of drug-likeness (QED) is 0.546. The number of rotatable bonds is 7. The molecule has 0 spiro atoms. The number of aryl methyl sites for hydroxylation is 1. The lowest BCUT2D eigenvalue weighted by Crippen LogP contribution is -2.20. The first-order chi connectivity index (χ1) is 13.4. The summed E-state index contributed by atoms with van der Waals surface area (Å²) in [6, 6.07) is 10.7. The first kappa shape index (κ1) is 19.9. The molecule has 148 valence electrons. The van der Waals surface area contributed by atoms with Crippen LogP contribution in [0.3, 0.4) is 0 Å². The van der Waals surface area contributed by atoms with E-state index in [4.69, 9.17) is 4.74 Å². The second kappa shape index (κ2) is 8.43. The molecule has 0 atom stereocenters. The second-order valence-corrected chi connectivity index (χ2v) is 8.22. The van der Waals surface area contributed by atoms with Crippen LogP contribution in [0.4, 0.5) is 11.4 Å². The van der Waals surface area contributed by atoms with E-state index < -0.39 is 16.0 Å². The fourth-order valence-corrected chi connectivity index (χ4v) is 3.92. The van der Waals surface area contributed by atoms with E-state index in [0.717, 1.165) is 18.4 Å². The van der Waals surface area contributed by atoms with Gasteiger partial charge in [-0.3, -0.25) is 9.52 Å². The predicted molar refractivity (Wildman–Crippen MR) is 106 cm³/mol. The summed E-state index contributed by atoms with van der Waals surface area (Å²) in [6.45, 7) is 2.37. The summed E-state index contributed by atoms with van der Waals surface area (Å²) in [5, 5.41) is 2.73. The molecule has 3 rings (SSSR count). The van der Waals surface area contributed by atoms with Crippen molar-refractivity contribution in [2.45, 2.75) is 37.5 Å². The van der Waals surface area contributed by atoms with E-state index >= 15 is 0 Å². The molecule has 2 aromatic carbocycles. The first-order valence-corrected chi connectivity index (χ1v) is 10.6. The molecule has 1 aliphatic rings. The molecule has 0 aliphatic carbocycles. The zero-order valence-electron chi connectivity index (χ0n) is 15.5. The Bertz CT molecular complexity index is 984. The number of benzene rings is 2. The summed E-state index contributed by atoms with van der Waals surface area (Å²) in [5.41, 5.74) is 2.13. The van der Waals surface area contributed by atoms with Gasteiger partial charge in [0.05, 0.1) is 17.1 Å². The van der Waals surface area contributed by atoms with Crippen molar-refractivity contribution in [2.75, 3.05) is 16.6 Å². The van der Waals surface area contributed by atoms with E-state index in [1.165, 1.54) is 30.3 Å². The normalized spacial score (nSPS) is 13.4. The molecule has 1 aliphatic heterocycles. The van der Waals surface area contributed by atoms with Crippen LogP contribution in [-0.2, 0) is 26.0 Å². The fraction of sp³-hybridized carbons (Fsp3) is 0.300. The fourth-order valence-electron chi connectivity index (χ4n) is 2.81. The van der Waals surface area contributed by atoms with E-state index in [0.29, 0.717) is 36.4 Å². The standard InChI is InChI=1S/C20H22N2O5S/c1-2-3-12-27-20(24)14-4-7-16(8-5-14)22-28(25,26)17-9-10-18-15(13-17)6-11-19(23)21-18/h4-5,7-10,13,22H,2-3,6,11-12H2,1H3,(H,21,23). The van der Waals surface area contributed by atoms with Gasteiger partial charge in [0.25, 0.3) is 10.0 Å². The highest BCUT2D eigenvalue weighted by atomic mass is 32.2. The molecular formula is C20H22N2O5S. The third-order valence-corrected chi connectivity index (χ3v) is 5.77. The second-order valence-electron chi connectivity index (χ2n) is 6.54. The van der Waals surface area contributed by atoms with E-state index in [1.54, 1.807) is 12.1 Å². The number of carbonyl (C=O) groups excluding carboxylic acids is 2. The van der Waals surface area contributed by atoms with Crippen LogP contribution in [0, 0.1) is 0 Å². The minimum Gasteiger partial charge on any atom is -0.462 e. The SMILES string of the molecule is CCCCOC(=O)c1ccc(NS(=O)(=O)c2ccc3c(c2)CCC(=O)N3)cc1. The van der Waals surface area contributed by atoms with Crippen molar-refractivity contribution >= 4 is 33.3 Å². The number of hydrogen-bond acceptors (Lipinski definition) is 5. The van der Waals surface area contributed by atoms with Crippen molar-refractivity contribution in [1.29, 1.82) is 0 Å². The van der Waals surface area contributed by atoms with Crippen LogP contribution in [0.2, 0.25) is 0 Å². The van der Waals surface area contributed by atoms with Gasteiger partial charge in [-0.15, -0.1) is 0 Å². The van der Waals surface area contributed by atoms with Crippen LogP contribution >= 0.6 is 0 Å². The van der Waals surface area contributed by atoms with Crippen LogP contribution in [-0.4, -0.2) is 26.9 Å². The minimum absolute atomic E-state index is 0.0745. The van der Waals surface area contributed by atoms with Gasteiger partial charge in [0.15, 0.2) is 0 Å². The molecule has 1 amide bonds. The average Bonchev–Trinajstić information content (AvgIpc) is 2.68. The Morgan fingerprint density at radius 1 is 1.14 bits per heavy atom. The summed E-state index contributed by atoms with van der Waals surface area (Å²) >= 11 is 0. The maximum Gasteiger partial charge on any atom is 0.338 e. The third-order valence-electron chi connectivity index (χ3n) is 4.39. The van der Waals surface area contributed by atoms with Crippen molar-refractivity contribution < 1.29 is 22.7 Å². The smallest absolute Gasteiger partial charge is 0.338 e. The number of hydrogen-bond donors (Lipinski definition) is 2. The molecule has 8 heteroatoms. The Hall–Kier alpha value is -2.87. The number of unbranched alkanes of at least 4 members (excludes halogenated alkanes) is 1. The average molecular weight is 402 g/mol. The molecule has 0 saturated carbocycles. The van der Waals surface area contributed by atoms with E-state index in [9.17, 15) is 18.0 Å². The molecule has 0 bridgehead atoms. The van der Waals surface area contributed by atoms with Gasteiger partial charge in [-0.1, -0.05) is 13.3 Å². The lowest BCUT2D eigenvalue weighted by molar-refractivity contribution is -0.116. The molecule has 1 heterocycles. The van der Waals surface area contributed by atoms with Crippen LogP contribution in [0.15, 0.2) is 47.4 Å². The first-order valence-electron chi connectivity index (χ1n) is 9.12. The van der Waals surface area contributed by atoms with Crippen molar-refractivity contribution in [3.05, 3.63) is 53.6 Å². The monoisotopic (exact) mass is 402 g/mol. The van der Waals surface area contributed by atoms with Gasteiger partial charge in [-0.25, -0.2) is 13.2 Å². The summed E-state index contributed by atoms with van der Waals surface area (Å²) in [7, 11) is -3.79. The Morgan fingerprint density at radius 3 is 2.61 bits per heavy atom. The maximum absolute atomic E-state index is 12.7. The van der Waals surface area contributed by atoms with E-state index in [-0.39, 0.29) is 10.8 Å². The lowest BCUT2D eigenvalue weighted by Gasteiger charge is -2.18. The molecule has 0 aromatic heterocycles. The Kier molecular flexibility index (Phi) is 5.99. The van der Waals surface area contributed by atoms with E-state index in [2.05, 4.69) is 10.0 Å². The molecule has 7 nitrogen and oxygen atoms in total. The molecule has 0 radical (unpaired) electrons. The van der Waals surface area contributed by atoms with Gasteiger partial charge in [0.2, 0.25) is 5.91 Å². The largest absolute Gasteiger partial charge is 0.462 e. The number of nitrogens with one attached hydrogen (secondary N) is 2. The Labute approximate surface area is 164 Å². The van der Waals surface area contributed by atoms with E-state index in [1.807, 2.05) is 6.92 Å². The molecule has 28 heavy (non-hydrogen) atoms. The van der Waals surface area contributed by atoms with Crippen molar-refractivity contribution in [1.82, 2.24) is 0 Å². The predicted octanol–water partition coefficient (Wildman–Crippen LogP) is 3.33. The topological polar surface area (TPSA) is 102 Å². The van der Waals surface area contributed by atoms with Crippen LogP contribution in [0.1, 0.15) is 42.1 Å². The summed E-state index contributed by atoms with van der Waals surface area (Å²) in [5.74, 6) is -0.505. The number of carbonyl (C=O) groups is 2. The number of anilines is 2. The number of ether oxygens (including phenoxy) is 1. The molecular weight excluding hydrogens is 380 g/mol. The van der Waals surface area contributed by atoms with Crippen LogP contribution < -0.4 is 10.0 Å². The summed E-state index contributed by atoms with van der Waals surface area (Å²) in [4.78, 5) is 23.4. The van der Waals surface area contributed by atoms with Gasteiger partial charge in [0.1, 0.15) is 0 Å². The summed E-state index contributed by atoms with van der Waals surface area (Å²) in [6.07, 6.45) is 2.57. The van der Waals surface area contributed by atoms with Gasteiger partial charge >= 0.3 is 5.97 Å². The van der Waals surface area contributed by atoms with Gasteiger partial charge in [-0.05, 0) is 60.9 Å². The number of fused-ring (bicyclic) bond motifs is 1. The van der Waals surface area contributed by atoms with Gasteiger partial charge < -0.3 is 10.1 Å². The lowest BCUT2D eigenvalue weighted by atomic mass is 10.0. The third kappa shape index (κ3) is 4.69. The van der Waals surface area contributed by atoms with Crippen LogP contribution in [0.5, 0.6) is 0 Å². The molecule has 2 aromatic rings. The Balaban J connectivity index is 1.70. The molecule has 0 unspecified atom stereocenters. The molecule has 2 N–H and O–H groups in total.